The third-order valence-corrected chi connectivity index (χ3v) is 6.07. The Bertz CT molecular complexity index is 808. The van der Waals surface area contributed by atoms with Crippen molar-refractivity contribution in [2.24, 2.45) is 0 Å². The first kappa shape index (κ1) is 28.5. The minimum absolute atomic E-state index is 0.0516. The Balaban J connectivity index is 2.15. The first-order valence-corrected chi connectivity index (χ1v) is 12.7. The number of unbranched alkanes of at least 4 members (excludes halogenated alkanes) is 2. The third-order valence-electron chi connectivity index (χ3n) is 6.07. The predicted molar refractivity (Wildman–Crippen MR) is 134 cm³/mol. The number of hydrogen-bond acceptors (Lipinski definition) is 6. The van der Waals surface area contributed by atoms with E-state index >= 15 is 0 Å². The fourth-order valence-electron chi connectivity index (χ4n) is 4.32. The molecule has 0 bridgehead atoms. The fourth-order valence-corrected chi connectivity index (χ4v) is 4.32. The van der Waals surface area contributed by atoms with E-state index in [-0.39, 0.29) is 44.3 Å². The van der Waals surface area contributed by atoms with Crippen LogP contribution in [0.25, 0.3) is 0 Å². The lowest BCUT2D eigenvalue weighted by molar-refractivity contribution is -0.140. The van der Waals surface area contributed by atoms with Crippen LogP contribution >= 0.6 is 0 Å². The summed E-state index contributed by atoms with van der Waals surface area (Å²) in [6.45, 7) is 8.27. The van der Waals surface area contributed by atoms with Gasteiger partial charge in [0.1, 0.15) is 12.2 Å². The summed E-state index contributed by atoms with van der Waals surface area (Å²) < 4.78 is 16.0. The number of carbonyl (C=O) groups excluding carboxylic acids is 3. The van der Waals surface area contributed by atoms with Gasteiger partial charge < -0.3 is 24.0 Å². The number of esters is 1. The lowest BCUT2D eigenvalue weighted by atomic mass is 10.1. The molecule has 1 aliphatic heterocycles. The van der Waals surface area contributed by atoms with Crippen LogP contribution in [0.5, 0.6) is 0 Å². The van der Waals surface area contributed by atoms with E-state index in [2.05, 4.69) is 6.92 Å². The molecule has 1 aliphatic rings. The van der Waals surface area contributed by atoms with Crippen molar-refractivity contribution >= 4 is 18.2 Å². The molecule has 1 aromatic rings. The van der Waals surface area contributed by atoms with Crippen LogP contribution in [-0.4, -0.2) is 65.8 Å². The summed E-state index contributed by atoms with van der Waals surface area (Å²) in [4.78, 5) is 41.3. The summed E-state index contributed by atoms with van der Waals surface area (Å²) in [7, 11) is 1.32. The van der Waals surface area contributed by atoms with E-state index in [1.807, 2.05) is 56.0 Å². The molecule has 0 aliphatic carbocycles. The number of amides is 2. The third kappa shape index (κ3) is 9.78. The van der Waals surface area contributed by atoms with Gasteiger partial charge in [-0.1, -0.05) is 56.5 Å². The molecule has 1 saturated heterocycles. The van der Waals surface area contributed by atoms with E-state index in [1.54, 1.807) is 0 Å². The zero-order valence-corrected chi connectivity index (χ0v) is 22.0. The molecule has 8 heteroatoms. The van der Waals surface area contributed by atoms with Crippen molar-refractivity contribution in [1.29, 1.82) is 0 Å². The van der Waals surface area contributed by atoms with Crippen molar-refractivity contribution in [3.8, 4) is 0 Å². The van der Waals surface area contributed by atoms with Gasteiger partial charge in [0.25, 0.3) is 0 Å². The second-order valence-electron chi connectivity index (χ2n) is 10.1. The van der Waals surface area contributed by atoms with Crippen molar-refractivity contribution in [2.45, 2.75) is 96.9 Å². The number of methoxy groups -OCH3 is 1. The van der Waals surface area contributed by atoms with Gasteiger partial charge in [0, 0.05) is 19.1 Å². The maximum absolute atomic E-state index is 13.2. The van der Waals surface area contributed by atoms with Crippen molar-refractivity contribution in [1.82, 2.24) is 9.80 Å². The minimum atomic E-state index is -0.614. The molecule has 0 N–H and O–H groups in total. The van der Waals surface area contributed by atoms with E-state index in [0.29, 0.717) is 0 Å². The Hall–Kier alpha value is -2.77. The summed E-state index contributed by atoms with van der Waals surface area (Å²) >= 11 is 0. The zero-order chi connectivity index (χ0) is 25.8. The van der Waals surface area contributed by atoms with Crippen molar-refractivity contribution in [3.63, 3.8) is 0 Å². The van der Waals surface area contributed by atoms with Crippen LogP contribution in [0, 0.1) is 0 Å². The Morgan fingerprint density at radius 2 is 1.74 bits per heavy atom. The van der Waals surface area contributed by atoms with Gasteiger partial charge in [0.05, 0.1) is 19.6 Å². The van der Waals surface area contributed by atoms with Gasteiger partial charge in [0.15, 0.2) is 0 Å². The highest BCUT2D eigenvalue weighted by molar-refractivity contribution is 5.72. The van der Waals surface area contributed by atoms with Gasteiger partial charge in [-0.2, -0.15) is 0 Å². The van der Waals surface area contributed by atoms with Crippen LogP contribution in [-0.2, 0) is 25.6 Å². The number of rotatable bonds is 11. The van der Waals surface area contributed by atoms with E-state index in [4.69, 9.17) is 14.2 Å². The quantitative estimate of drug-likeness (QED) is 0.230. The number of likely N-dealkylation sites (tertiary alicyclic amines) is 1. The van der Waals surface area contributed by atoms with Gasteiger partial charge in [-0.05, 0) is 45.6 Å². The van der Waals surface area contributed by atoms with Crippen molar-refractivity contribution in [3.05, 3.63) is 35.9 Å². The van der Waals surface area contributed by atoms with Gasteiger partial charge in [-0.3, -0.25) is 4.79 Å². The highest BCUT2D eigenvalue weighted by atomic mass is 16.6. The molecule has 0 aromatic heterocycles. The average Bonchev–Trinajstić information content (AvgIpc) is 3.22. The molecule has 1 fully saturated rings. The fraction of sp³-hybridized carbons (Fsp3) is 0.667. The molecule has 35 heavy (non-hydrogen) atoms. The van der Waals surface area contributed by atoms with Crippen LogP contribution in [0.3, 0.4) is 0 Å². The molecule has 1 aromatic carbocycles. The summed E-state index contributed by atoms with van der Waals surface area (Å²) in [5, 5.41) is 0. The molecule has 2 rings (SSSR count). The van der Waals surface area contributed by atoms with Gasteiger partial charge in [-0.15, -0.1) is 0 Å². The second-order valence-corrected chi connectivity index (χ2v) is 10.1. The maximum Gasteiger partial charge on any atom is 0.410 e. The second kappa shape index (κ2) is 14.0. The SMILES string of the molecule is CCCCCC1CCC(CN(CCC(=O)OC)C(=O)OCc2ccccc2)N1C(=O)OC(C)(C)C. The lowest BCUT2D eigenvalue weighted by Gasteiger charge is -2.35. The molecule has 0 radical (unpaired) electrons. The zero-order valence-electron chi connectivity index (χ0n) is 22.0. The highest BCUT2D eigenvalue weighted by Gasteiger charge is 2.40. The lowest BCUT2D eigenvalue weighted by Crippen LogP contribution is -2.49. The molecule has 2 amide bonds. The molecule has 1 heterocycles. The molecule has 2 atom stereocenters. The Labute approximate surface area is 209 Å². The van der Waals surface area contributed by atoms with Gasteiger partial charge in [0.2, 0.25) is 0 Å². The van der Waals surface area contributed by atoms with Crippen LogP contribution in [0.1, 0.15) is 78.2 Å². The van der Waals surface area contributed by atoms with E-state index in [9.17, 15) is 14.4 Å². The van der Waals surface area contributed by atoms with Crippen LogP contribution in [0.2, 0.25) is 0 Å². The normalized spacial score (nSPS) is 17.7. The molecule has 8 nitrogen and oxygen atoms in total. The summed E-state index contributed by atoms with van der Waals surface area (Å²) in [5.74, 6) is -0.404. The Morgan fingerprint density at radius 1 is 1.06 bits per heavy atom. The summed E-state index contributed by atoms with van der Waals surface area (Å²) in [5.41, 5.74) is 0.262. The largest absolute Gasteiger partial charge is 0.469 e. The standard InChI is InChI=1S/C27H42N2O6/c1-6-7-9-14-22-15-16-23(29(22)26(32)35-27(2,3)4)19-28(18-17-24(30)33-5)25(31)34-20-21-12-10-8-11-13-21/h8,10-13,22-23H,6-7,9,14-20H2,1-5H3. The van der Waals surface area contributed by atoms with Crippen LogP contribution < -0.4 is 0 Å². The van der Waals surface area contributed by atoms with Crippen LogP contribution in [0.4, 0.5) is 9.59 Å². The predicted octanol–water partition coefficient (Wildman–Crippen LogP) is 5.54. The smallest absolute Gasteiger partial charge is 0.410 e. The minimum Gasteiger partial charge on any atom is -0.469 e. The molecule has 2 unspecified atom stereocenters. The summed E-state index contributed by atoms with van der Waals surface area (Å²) in [6.07, 6.45) is 4.97. The average molecular weight is 491 g/mol. The number of benzene rings is 1. The number of hydrogen-bond donors (Lipinski definition) is 0. The molecule has 0 spiro atoms. The maximum atomic E-state index is 13.2. The van der Waals surface area contributed by atoms with Gasteiger partial charge >= 0.3 is 18.2 Å². The van der Waals surface area contributed by atoms with Crippen molar-refractivity contribution in [2.75, 3.05) is 20.2 Å². The topological polar surface area (TPSA) is 85.4 Å². The summed E-state index contributed by atoms with van der Waals surface area (Å²) in [6, 6.07) is 9.29. The first-order chi connectivity index (χ1) is 16.6. The molecule has 196 valence electrons. The number of nitrogens with zero attached hydrogens (tertiary/aromatic N) is 2. The van der Waals surface area contributed by atoms with Gasteiger partial charge in [-0.25, -0.2) is 9.59 Å². The molecular weight excluding hydrogens is 448 g/mol. The number of ether oxygens (including phenoxy) is 3. The van der Waals surface area contributed by atoms with E-state index in [1.165, 1.54) is 12.0 Å². The molecular formula is C27H42N2O6. The first-order valence-electron chi connectivity index (χ1n) is 12.7. The molecule has 0 saturated carbocycles. The van der Waals surface area contributed by atoms with Crippen LogP contribution in [0.15, 0.2) is 30.3 Å². The monoisotopic (exact) mass is 490 g/mol. The number of carbonyl (C=O) groups is 3. The van der Waals surface area contributed by atoms with E-state index < -0.39 is 17.7 Å². The Morgan fingerprint density at radius 3 is 2.37 bits per heavy atom. The van der Waals surface area contributed by atoms with Crippen molar-refractivity contribution < 1.29 is 28.6 Å². The highest BCUT2D eigenvalue weighted by Crippen LogP contribution is 2.30. The Kier molecular flexibility index (Phi) is 11.3. The van der Waals surface area contributed by atoms with E-state index in [0.717, 1.165) is 44.1 Å².